The van der Waals surface area contributed by atoms with Gasteiger partial charge in [-0.2, -0.15) is 0 Å². The highest BCUT2D eigenvalue weighted by atomic mass is 15.3. The topological polar surface area (TPSA) is 67.6 Å². The molecular formula is C10H22N4. The first kappa shape index (κ1) is 11.1. The van der Waals surface area contributed by atoms with Crippen LogP contribution in [0.3, 0.4) is 0 Å². The molecule has 0 aromatic carbocycles. The van der Waals surface area contributed by atoms with Crippen molar-refractivity contribution in [3.8, 4) is 0 Å². The molecule has 0 aromatic heterocycles. The predicted molar refractivity (Wildman–Crippen MR) is 59.6 cm³/mol. The number of hydrogen-bond acceptors (Lipinski definition) is 2. The van der Waals surface area contributed by atoms with Crippen LogP contribution in [0.25, 0.3) is 0 Å². The summed E-state index contributed by atoms with van der Waals surface area (Å²) < 4.78 is 0. The summed E-state index contributed by atoms with van der Waals surface area (Å²) >= 11 is 0. The summed E-state index contributed by atoms with van der Waals surface area (Å²) in [6, 6.07) is 0.532. The maximum absolute atomic E-state index is 5.67. The van der Waals surface area contributed by atoms with Gasteiger partial charge in [0.25, 0.3) is 0 Å². The van der Waals surface area contributed by atoms with E-state index in [4.69, 9.17) is 11.6 Å². The average Bonchev–Trinajstić information content (AvgIpc) is 2.27. The molecule has 0 atom stereocenters. The third-order valence-electron chi connectivity index (χ3n) is 3.43. The molecule has 4 heteroatoms. The van der Waals surface area contributed by atoms with E-state index in [1.165, 1.54) is 32.1 Å². The fourth-order valence-electron chi connectivity index (χ4n) is 2.22. The molecule has 0 amide bonds. The lowest BCUT2D eigenvalue weighted by Crippen LogP contribution is -2.44. The number of hydrogen-bond donors (Lipinski definition) is 2. The summed E-state index contributed by atoms with van der Waals surface area (Å²) in [7, 11) is 1.97. The first-order chi connectivity index (χ1) is 6.69. The minimum Gasteiger partial charge on any atom is -0.368 e. The van der Waals surface area contributed by atoms with E-state index in [0.717, 1.165) is 5.92 Å². The van der Waals surface area contributed by atoms with E-state index in [9.17, 15) is 0 Å². The van der Waals surface area contributed by atoms with Crippen LogP contribution in [0.2, 0.25) is 0 Å². The van der Waals surface area contributed by atoms with Crippen LogP contribution in [0, 0.1) is 5.92 Å². The second-order valence-corrected chi connectivity index (χ2v) is 4.18. The summed E-state index contributed by atoms with van der Waals surface area (Å²) in [6.45, 7) is 2.27. The Morgan fingerprint density at radius 2 is 1.93 bits per heavy atom. The highest BCUT2D eigenvalue weighted by Crippen LogP contribution is 2.28. The van der Waals surface area contributed by atoms with Gasteiger partial charge in [0.2, 0.25) is 5.96 Å². The van der Waals surface area contributed by atoms with Crippen LogP contribution in [0.15, 0.2) is 5.10 Å². The smallest absolute Gasteiger partial charge is 0.213 e. The predicted octanol–water partition coefficient (Wildman–Crippen LogP) is 1.08. The Morgan fingerprint density at radius 1 is 1.36 bits per heavy atom. The maximum atomic E-state index is 5.67. The lowest BCUT2D eigenvalue weighted by Gasteiger charge is -2.34. The molecule has 0 radical (unpaired) electrons. The van der Waals surface area contributed by atoms with E-state index >= 15 is 0 Å². The van der Waals surface area contributed by atoms with Crippen molar-refractivity contribution in [1.29, 1.82) is 0 Å². The van der Waals surface area contributed by atoms with Crippen molar-refractivity contribution >= 4 is 5.96 Å². The van der Waals surface area contributed by atoms with Gasteiger partial charge in [0.1, 0.15) is 0 Å². The van der Waals surface area contributed by atoms with Crippen molar-refractivity contribution in [2.24, 2.45) is 22.6 Å². The zero-order valence-corrected chi connectivity index (χ0v) is 9.24. The second-order valence-electron chi connectivity index (χ2n) is 4.18. The standard InChI is InChI=1S/C10H22N4/c1-3-8-4-6-9(7-5-8)14(2)10(11)13-12/h8-9H,3-7,12H2,1-2H3,(H2,11,13). The fourth-order valence-corrected chi connectivity index (χ4v) is 2.22. The van der Waals surface area contributed by atoms with Gasteiger partial charge in [-0.15, -0.1) is 5.10 Å². The minimum absolute atomic E-state index is 0.449. The molecule has 4 nitrogen and oxygen atoms in total. The summed E-state index contributed by atoms with van der Waals surface area (Å²) in [5.74, 6) is 6.52. The molecule has 0 aliphatic heterocycles. The first-order valence-corrected chi connectivity index (χ1v) is 5.45. The van der Waals surface area contributed by atoms with E-state index in [-0.39, 0.29) is 0 Å². The fraction of sp³-hybridized carbons (Fsp3) is 0.900. The molecule has 0 spiro atoms. The number of guanidine groups is 1. The molecule has 1 aliphatic rings. The summed E-state index contributed by atoms with van der Waals surface area (Å²) in [5.41, 5.74) is 5.67. The van der Waals surface area contributed by atoms with Gasteiger partial charge < -0.3 is 16.5 Å². The van der Waals surface area contributed by atoms with Crippen LogP contribution in [0.4, 0.5) is 0 Å². The van der Waals surface area contributed by atoms with Crippen molar-refractivity contribution in [1.82, 2.24) is 4.90 Å². The molecule has 1 saturated carbocycles. The lowest BCUT2D eigenvalue weighted by atomic mass is 9.84. The number of nitrogens with two attached hydrogens (primary N) is 2. The normalized spacial score (nSPS) is 28.9. The molecule has 82 valence electrons. The molecule has 0 saturated heterocycles. The van der Waals surface area contributed by atoms with Crippen molar-refractivity contribution in [2.45, 2.75) is 45.1 Å². The lowest BCUT2D eigenvalue weighted by molar-refractivity contribution is 0.224. The Labute approximate surface area is 86.3 Å². The van der Waals surface area contributed by atoms with Crippen LogP contribution in [-0.2, 0) is 0 Å². The monoisotopic (exact) mass is 198 g/mol. The van der Waals surface area contributed by atoms with Crippen molar-refractivity contribution in [2.75, 3.05) is 7.05 Å². The van der Waals surface area contributed by atoms with Gasteiger partial charge in [0.05, 0.1) is 0 Å². The SMILES string of the molecule is CCC1CCC(N(C)C(N)=NN)CC1. The van der Waals surface area contributed by atoms with Gasteiger partial charge in [0, 0.05) is 13.1 Å². The molecule has 0 unspecified atom stereocenters. The third kappa shape index (κ3) is 2.53. The molecule has 0 aromatic rings. The highest BCUT2D eigenvalue weighted by Gasteiger charge is 2.23. The summed E-state index contributed by atoms with van der Waals surface area (Å²) in [6.07, 6.45) is 6.35. The number of hydrazone groups is 1. The van der Waals surface area contributed by atoms with Crippen LogP contribution >= 0.6 is 0 Å². The van der Waals surface area contributed by atoms with Crippen molar-refractivity contribution in [3.63, 3.8) is 0 Å². The molecule has 1 aliphatic carbocycles. The van der Waals surface area contributed by atoms with Gasteiger partial charge in [-0.25, -0.2) is 0 Å². The molecular weight excluding hydrogens is 176 g/mol. The Bertz CT molecular complexity index is 194. The van der Waals surface area contributed by atoms with E-state index in [1.807, 2.05) is 11.9 Å². The zero-order valence-electron chi connectivity index (χ0n) is 9.24. The molecule has 14 heavy (non-hydrogen) atoms. The number of nitrogens with zero attached hydrogens (tertiary/aromatic N) is 2. The summed E-state index contributed by atoms with van der Waals surface area (Å²) in [4.78, 5) is 2.01. The molecule has 1 rings (SSSR count). The van der Waals surface area contributed by atoms with Crippen LogP contribution < -0.4 is 11.6 Å². The third-order valence-corrected chi connectivity index (χ3v) is 3.43. The van der Waals surface area contributed by atoms with Crippen LogP contribution in [0.5, 0.6) is 0 Å². The van der Waals surface area contributed by atoms with Crippen LogP contribution in [0.1, 0.15) is 39.0 Å². The van der Waals surface area contributed by atoms with E-state index in [2.05, 4.69) is 12.0 Å². The van der Waals surface area contributed by atoms with Gasteiger partial charge >= 0.3 is 0 Å². The Morgan fingerprint density at radius 3 is 2.36 bits per heavy atom. The first-order valence-electron chi connectivity index (χ1n) is 5.45. The molecule has 0 bridgehead atoms. The van der Waals surface area contributed by atoms with Crippen molar-refractivity contribution in [3.05, 3.63) is 0 Å². The zero-order chi connectivity index (χ0) is 10.6. The van der Waals surface area contributed by atoms with Gasteiger partial charge in [0.15, 0.2) is 0 Å². The Kier molecular flexibility index (Phi) is 4.04. The average molecular weight is 198 g/mol. The molecule has 0 heterocycles. The Balaban J connectivity index is 2.41. The van der Waals surface area contributed by atoms with E-state index in [0.29, 0.717) is 12.0 Å². The van der Waals surface area contributed by atoms with Gasteiger partial charge in [-0.3, -0.25) is 0 Å². The molecule has 1 fully saturated rings. The largest absolute Gasteiger partial charge is 0.368 e. The Hall–Kier alpha value is -0.930. The quantitative estimate of drug-likeness (QED) is 0.302. The number of rotatable bonds is 2. The minimum atomic E-state index is 0.449. The van der Waals surface area contributed by atoms with Gasteiger partial charge in [-0.05, 0) is 31.6 Å². The maximum Gasteiger partial charge on any atom is 0.213 e. The summed E-state index contributed by atoms with van der Waals surface area (Å²) in [5, 5.41) is 3.52. The van der Waals surface area contributed by atoms with E-state index in [1.54, 1.807) is 0 Å². The van der Waals surface area contributed by atoms with Crippen molar-refractivity contribution < 1.29 is 0 Å². The molecule has 4 N–H and O–H groups in total. The highest BCUT2D eigenvalue weighted by molar-refractivity contribution is 5.77. The van der Waals surface area contributed by atoms with Gasteiger partial charge in [-0.1, -0.05) is 13.3 Å². The van der Waals surface area contributed by atoms with Crippen LogP contribution in [-0.4, -0.2) is 23.9 Å². The second kappa shape index (κ2) is 5.08. The van der Waals surface area contributed by atoms with E-state index < -0.39 is 0 Å².